The van der Waals surface area contributed by atoms with Gasteiger partial charge in [-0.1, -0.05) is 6.07 Å². The standard InChI is InChI=1S/C25H26N2O6/c1-30-21-14-19(9-7-17(21)15-28)27-25-16(6-5-11-26-25)8-10-20(29)18-12-22(31-2)24(33-4)23(13-18)32-3/h5-14,28H,15H2,1-4H3,(H,26,27)/b10-8+. The maximum absolute atomic E-state index is 12.9. The van der Waals surface area contributed by atoms with Gasteiger partial charge in [0.2, 0.25) is 5.75 Å². The fourth-order valence-electron chi connectivity index (χ4n) is 3.23. The molecule has 33 heavy (non-hydrogen) atoms. The molecule has 0 saturated heterocycles. The van der Waals surface area contributed by atoms with Gasteiger partial charge in [0.15, 0.2) is 17.3 Å². The van der Waals surface area contributed by atoms with E-state index in [1.807, 2.05) is 12.1 Å². The molecule has 2 aromatic carbocycles. The number of hydrogen-bond acceptors (Lipinski definition) is 8. The van der Waals surface area contributed by atoms with Gasteiger partial charge < -0.3 is 29.4 Å². The van der Waals surface area contributed by atoms with Gasteiger partial charge in [-0.3, -0.25) is 4.79 Å². The second kappa shape index (κ2) is 11.0. The zero-order valence-electron chi connectivity index (χ0n) is 18.9. The van der Waals surface area contributed by atoms with Gasteiger partial charge in [-0.05, 0) is 42.5 Å². The number of rotatable bonds is 10. The van der Waals surface area contributed by atoms with Crippen LogP contribution in [0.5, 0.6) is 23.0 Å². The first kappa shape index (κ1) is 23.6. The fourth-order valence-corrected chi connectivity index (χ4v) is 3.23. The largest absolute Gasteiger partial charge is 0.496 e. The van der Waals surface area contributed by atoms with Crippen LogP contribution in [0.25, 0.3) is 6.08 Å². The van der Waals surface area contributed by atoms with Crippen LogP contribution in [0.4, 0.5) is 11.5 Å². The third kappa shape index (κ3) is 5.42. The average molecular weight is 450 g/mol. The first-order valence-corrected chi connectivity index (χ1v) is 10.1. The molecule has 0 bridgehead atoms. The molecule has 2 N–H and O–H groups in total. The number of pyridine rings is 1. The Morgan fingerprint density at radius 2 is 1.67 bits per heavy atom. The molecule has 0 amide bonds. The number of nitrogens with zero attached hydrogens (tertiary/aromatic N) is 1. The molecule has 0 fully saturated rings. The minimum absolute atomic E-state index is 0.121. The van der Waals surface area contributed by atoms with Crippen LogP contribution in [0.3, 0.4) is 0 Å². The SMILES string of the molecule is COc1cc(Nc2ncccc2/C=C/C(=O)c2cc(OC)c(OC)c(OC)c2)ccc1CO. The van der Waals surface area contributed by atoms with E-state index >= 15 is 0 Å². The predicted octanol–water partition coefficient (Wildman–Crippen LogP) is 4.25. The molecular weight excluding hydrogens is 424 g/mol. The van der Waals surface area contributed by atoms with Crippen molar-refractivity contribution in [3.8, 4) is 23.0 Å². The van der Waals surface area contributed by atoms with Crippen LogP contribution in [0.1, 0.15) is 21.5 Å². The van der Waals surface area contributed by atoms with Crippen molar-refractivity contribution in [3.05, 3.63) is 71.4 Å². The van der Waals surface area contributed by atoms with E-state index in [0.29, 0.717) is 45.5 Å². The summed E-state index contributed by atoms with van der Waals surface area (Å²) in [5, 5.41) is 12.6. The van der Waals surface area contributed by atoms with Crippen LogP contribution in [0.2, 0.25) is 0 Å². The first-order valence-electron chi connectivity index (χ1n) is 10.1. The van der Waals surface area contributed by atoms with Gasteiger partial charge in [0.25, 0.3) is 0 Å². The molecule has 1 heterocycles. The number of allylic oxidation sites excluding steroid dienone is 1. The Kier molecular flexibility index (Phi) is 7.88. The summed E-state index contributed by atoms with van der Waals surface area (Å²) in [7, 11) is 6.04. The number of hydrogen-bond donors (Lipinski definition) is 2. The molecule has 0 atom stereocenters. The summed E-state index contributed by atoms with van der Waals surface area (Å²) < 4.78 is 21.3. The van der Waals surface area contributed by atoms with E-state index in [0.717, 1.165) is 5.69 Å². The van der Waals surface area contributed by atoms with E-state index in [2.05, 4.69) is 10.3 Å². The van der Waals surface area contributed by atoms with Crippen molar-refractivity contribution >= 4 is 23.4 Å². The Morgan fingerprint density at radius 3 is 2.27 bits per heavy atom. The molecule has 0 unspecified atom stereocenters. The summed E-state index contributed by atoms with van der Waals surface area (Å²) in [4.78, 5) is 17.2. The van der Waals surface area contributed by atoms with Gasteiger partial charge in [-0.2, -0.15) is 0 Å². The Labute approximate surface area is 192 Å². The molecule has 3 rings (SSSR count). The molecule has 8 heteroatoms. The highest BCUT2D eigenvalue weighted by Crippen LogP contribution is 2.38. The summed E-state index contributed by atoms with van der Waals surface area (Å²) in [6, 6.07) is 12.2. The molecular formula is C25H26N2O6. The topological polar surface area (TPSA) is 99.1 Å². The lowest BCUT2D eigenvalue weighted by Gasteiger charge is -2.13. The molecule has 0 saturated carbocycles. The molecule has 0 aliphatic carbocycles. The number of carbonyl (C=O) groups excluding carboxylic acids is 1. The second-order valence-corrected chi connectivity index (χ2v) is 6.86. The normalized spacial score (nSPS) is 10.7. The quantitative estimate of drug-likeness (QED) is 0.349. The van der Waals surface area contributed by atoms with Crippen molar-refractivity contribution in [1.29, 1.82) is 0 Å². The van der Waals surface area contributed by atoms with E-state index in [9.17, 15) is 9.90 Å². The lowest BCUT2D eigenvalue weighted by atomic mass is 10.1. The Morgan fingerprint density at radius 1 is 0.970 bits per heavy atom. The summed E-state index contributed by atoms with van der Waals surface area (Å²) in [6.07, 6.45) is 4.79. The summed E-state index contributed by atoms with van der Waals surface area (Å²) in [5.74, 6) is 2.11. The number of aromatic nitrogens is 1. The van der Waals surface area contributed by atoms with Crippen LogP contribution in [-0.4, -0.2) is 44.3 Å². The van der Waals surface area contributed by atoms with Crippen LogP contribution in [0.15, 0.2) is 54.7 Å². The number of aliphatic hydroxyl groups is 1. The van der Waals surface area contributed by atoms with Crippen LogP contribution in [-0.2, 0) is 6.61 Å². The minimum atomic E-state index is -0.238. The minimum Gasteiger partial charge on any atom is -0.496 e. The number of aliphatic hydroxyl groups excluding tert-OH is 1. The van der Waals surface area contributed by atoms with Crippen molar-refractivity contribution in [3.63, 3.8) is 0 Å². The summed E-state index contributed by atoms with van der Waals surface area (Å²) in [5.41, 5.74) is 2.51. The second-order valence-electron chi connectivity index (χ2n) is 6.86. The molecule has 8 nitrogen and oxygen atoms in total. The van der Waals surface area contributed by atoms with E-state index in [1.165, 1.54) is 27.4 Å². The number of nitrogens with one attached hydrogen (secondary N) is 1. The monoisotopic (exact) mass is 450 g/mol. The lowest BCUT2D eigenvalue weighted by molar-refractivity contribution is 0.104. The number of methoxy groups -OCH3 is 4. The number of ketones is 1. The average Bonchev–Trinajstić information content (AvgIpc) is 2.86. The van der Waals surface area contributed by atoms with Gasteiger partial charge in [-0.25, -0.2) is 4.98 Å². The number of anilines is 2. The fraction of sp³-hybridized carbons (Fsp3) is 0.200. The smallest absolute Gasteiger partial charge is 0.203 e. The van der Waals surface area contributed by atoms with E-state index in [-0.39, 0.29) is 12.4 Å². The van der Waals surface area contributed by atoms with E-state index in [1.54, 1.807) is 49.7 Å². The predicted molar refractivity (Wildman–Crippen MR) is 126 cm³/mol. The number of carbonyl (C=O) groups is 1. The Hall–Kier alpha value is -4.04. The first-order chi connectivity index (χ1) is 16.0. The third-order valence-corrected chi connectivity index (χ3v) is 4.92. The van der Waals surface area contributed by atoms with Gasteiger partial charge in [0, 0.05) is 34.6 Å². The Bertz CT molecular complexity index is 1130. The highest BCUT2D eigenvalue weighted by atomic mass is 16.5. The molecule has 0 aliphatic heterocycles. The van der Waals surface area contributed by atoms with Crippen LogP contribution >= 0.6 is 0 Å². The molecule has 172 valence electrons. The Balaban J connectivity index is 1.87. The van der Waals surface area contributed by atoms with Crippen molar-refractivity contribution in [2.24, 2.45) is 0 Å². The number of ether oxygens (including phenoxy) is 4. The van der Waals surface area contributed by atoms with Crippen LogP contribution in [0, 0.1) is 0 Å². The van der Waals surface area contributed by atoms with Crippen molar-refractivity contribution in [2.75, 3.05) is 33.8 Å². The van der Waals surface area contributed by atoms with Gasteiger partial charge in [-0.15, -0.1) is 0 Å². The zero-order chi connectivity index (χ0) is 23.8. The van der Waals surface area contributed by atoms with E-state index in [4.69, 9.17) is 18.9 Å². The lowest BCUT2D eigenvalue weighted by Crippen LogP contribution is -2.01. The maximum Gasteiger partial charge on any atom is 0.203 e. The van der Waals surface area contributed by atoms with Crippen LogP contribution < -0.4 is 24.3 Å². The van der Waals surface area contributed by atoms with Gasteiger partial charge >= 0.3 is 0 Å². The maximum atomic E-state index is 12.9. The molecule has 0 aliphatic rings. The van der Waals surface area contributed by atoms with Crippen molar-refractivity contribution in [1.82, 2.24) is 4.98 Å². The molecule has 0 spiro atoms. The third-order valence-electron chi connectivity index (χ3n) is 4.92. The van der Waals surface area contributed by atoms with Crippen molar-refractivity contribution < 1.29 is 28.8 Å². The van der Waals surface area contributed by atoms with Gasteiger partial charge in [0.05, 0.1) is 35.0 Å². The molecule has 0 radical (unpaired) electrons. The zero-order valence-corrected chi connectivity index (χ0v) is 18.9. The number of benzene rings is 2. The molecule has 1 aromatic heterocycles. The highest BCUT2D eigenvalue weighted by Gasteiger charge is 2.16. The van der Waals surface area contributed by atoms with Gasteiger partial charge in [0.1, 0.15) is 11.6 Å². The van der Waals surface area contributed by atoms with Crippen molar-refractivity contribution in [2.45, 2.75) is 6.61 Å². The summed E-state index contributed by atoms with van der Waals surface area (Å²) >= 11 is 0. The highest BCUT2D eigenvalue weighted by molar-refractivity contribution is 6.07. The molecule has 3 aromatic rings. The summed E-state index contributed by atoms with van der Waals surface area (Å²) in [6.45, 7) is -0.121. The van der Waals surface area contributed by atoms with E-state index < -0.39 is 0 Å².